The number of ether oxygens (including phenoxy) is 1. The van der Waals surface area contributed by atoms with Crippen LogP contribution in [0.5, 0.6) is 5.75 Å². The summed E-state index contributed by atoms with van der Waals surface area (Å²) in [6, 6.07) is 13.7. The predicted molar refractivity (Wildman–Crippen MR) is 86.8 cm³/mol. The summed E-state index contributed by atoms with van der Waals surface area (Å²) in [6.45, 7) is 3.54. The summed E-state index contributed by atoms with van der Waals surface area (Å²) in [6.07, 6.45) is 1.01. The standard InChI is InChI=1S/C17H19ClN2O/c18-14-4-2-5-15(11-14)21-10-9-20-8-7-16-13(12-20)3-1-6-17(16)19/h1-6,11H,7-10,12,19H2. The van der Waals surface area contributed by atoms with Gasteiger partial charge in [0, 0.05) is 30.3 Å². The summed E-state index contributed by atoms with van der Waals surface area (Å²) in [4.78, 5) is 2.40. The molecule has 4 heteroatoms. The van der Waals surface area contributed by atoms with Gasteiger partial charge in [-0.1, -0.05) is 29.8 Å². The fourth-order valence-electron chi connectivity index (χ4n) is 2.74. The van der Waals surface area contributed by atoms with E-state index in [0.29, 0.717) is 11.6 Å². The van der Waals surface area contributed by atoms with E-state index in [1.54, 1.807) is 0 Å². The summed E-state index contributed by atoms with van der Waals surface area (Å²) in [5.41, 5.74) is 9.59. The van der Waals surface area contributed by atoms with E-state index in [-0.39, 0.29) is 0 Å². The van der Waals surface area contributed by atoms with Crippen LogP contribution in [0.25, 0.3) is 0 Å². The van der Waals surface area contributed by atoms with Gasteiger partial charge in [-0.15, -0.1) is 0 Å². The molecule has 0 fully saturated rings. The molecule has 1 aliphatic rings. The zero-order valence-corrected chi connectivity index (χ0v) is 12.6. The number of hydrogen-bond acceptors (Lipinski definition) is 3. The summed E-state index contributed by atoms with van der Waals surface area (Å²) in [5, 5.41) is 0.704. The lowest BCUT2D eigenvalue weighted by Crippen LogP contribution is -2.34. The lowest BCUT2D eigenvalue weighted by atomic mass is 9.98. The van der Waals surface area contributed by atoms with Crippen LogP contribution in [0.3, 0.4) is 0 Å². The summed E-state index contributed by atoms with van der Waals surface area (Å²) < 4.78 is 5.75. The minimum atomic E-state index is 0.665. The third-order valence-electron chi connectivity index (χ3n) is 3.85. The molecule has 2 aromatic rings. The number of rotatable bonds is 4. The van der Waals surface area contributed by atoms with Crippen molar-refractivity contribution in [3.05, 3.63) is 58.6 Å². The Morgan fingerprint density at radius 3 is 2.90 bits per heavy atom. The molecule has 0 aliphatic carbocycles. The Morgan fingerprint density at radius 1 is 1.19 bits per heavy atom. The highest BCUT2D eigenvalue weighted by molar-refractivity contribution is 6.30. The van der Waals surface area contributed by atoms with Crippen molar-refractivity contribution < 1.29 is 4.74 Å². The van der Waals surface area contributed by atoms with E-state index in [0.717, 1.165) is 37.5 Å². The molecule has 0 amide bonds. The van der Waals surface area contributed by atoms with E-state index in [4.69, 9.17) is 22.1 Å². The maximum atomic E-state index is 6.02. The van der Waals surface area contributed by atoms with Gasteiger partial charge in [0.2, 0.25) is 0 Å². The molecule has 3 nitrogen and oxygen atoms in total. The van der Waals surface area contributed by atoms with E-state index in [1.165, 1.54) is 11.1 Å². The molecule has 2 N–H and O–H groups in total. The van der Waals surface area contributed by atoms with Crippen LogP contribution >= 0.6 is 11.6 Å². The molecule has 0 bridgehead atoms. The lowest BCUT2D eigenvalue weighted by molar-refractivity contribution is 0.196. The Balaban J connectivity index is 1.53. The lowest BCUT2D eigenvalue weighted by Gasteiger charge is -2.29. The molecule has 0 atom stereocenters. The molecule has 1 aliphatic heterocycles. The van der Waals surface area contributed by atoms with Crippen LogP contribution in [-0.4, -0.2) is 24.6 Å². The zero-order chi connectivity index (χ0) is 14.7. The van der Waals surface area contributed by atoms with Crippen molar-refractivity contribution in [2.24, 2.45) is 0 Å². The van der Waals surface area contributed by atoms with Gasteiger partial charge >= 0.3 is 0 Å². The number of nitrogen functional groups attached to an aromatic ring is 1. The molecule has 21 heavy (non-hydrogen) atoms. The number of fused-ring (bicyclic) bond motifs is 1. The Kier molecular flexibility index (Phi) is 4.32. The monoisotopic (exact) mass is 302 g/mol. The van der Waals surface area contributed by atoms with Crippen LogP contribution in [0.15, 0.2) is 42.5 Å². The number of nitrogens with two attached hydrogens (primary N) is 1. The molecular formula is C17H19ClN2O. The minimum Gasteiger partial charge on any atom is -0.492 e. The van der Waals surface area contributed by atoms with Gasteiger partial charge in [0.15, 0.2) is 0 Å². The molecule has 1 heterocycles. The SMILES string of the molecule is Nc1cccc2c1CCN(CCOc1cccc(Cl)c1)C2. The van der Waals surface area contributed by atoms with Crippen molar-refractivity contribution in [1.82, 2.24) is 4.90 Å². The zero-order valence-electron chi connectivity index (χ0n) is 11.9. The Morgan fingerprint density at radius 2 is 2.05 bits per heavy atom. The van der Waals surface area contributed by atoms with E-state index in [1.807, 2.05) is 36.4 Å². The van der Waals surface area contributed by atoms with Gasteiger partial charge < -0.3 is 10.5 Å². The highest BCUT2D eigenvalue weighted by Gasteiger charge is 2.17. The highest BCUT2D eigenvalue weighted by Crippen LogP contribution is 2.24. The fourth-order valence-corrected chi connectivity index (χ4v) is 2.92. The first-order valence-electron chi connectivity index (χ1n) is 7.19. The number of nitrogens with zero attached hydrogens (tertiary/aromatic N) is 1. The van der Waals surface area contributed by atoms with Crippen molar-refractivity contribution in [3.8, 4) is 5.75 Å². The van der Waals surface area contributed by atoms with E-state index >= 15 is 0 Å². The van der Waals surface area contributed by atoms with Crippen molar-refractivity contribution in [2.45, 2.75) is 13.0 Å². The third kappa shape index (κ3) is 3.49. The molecular weight excluding hydrogens is 284 g/mol. The van der Waals surface area contributed by atoms with Crippen molar-refractivity contribution in [2.75, 3.05) is 25.4 Å². The maximum absolute atomic E-state index is 6.02. The molecule has 3 rings (SSSR count). The Labute approximate surface area is 130 Å². The number of halogens is 1. The minimum absolute atomic E-state index is 0.665. The van der Waals surface area contributed by atoms with Crippen molar-refractivity contribution in [1.29, 1.82) is 0 Å². The third-order valence-corrected chi connectivity index (χ3v) is 4.09. The van der Waals surface area contributed by atoms with Crippen molar-refractivity contribution in [3.63, 3.8) is 0 Å². The van der Waals surface area contributed by atoms with Crippen LogP contribution in [0.1, 0.15) is 11.1 Å². The second-order valence-corrected chi connectivity index (χ2v) is 5.75. The van der Waals surface area contributed by atoms with Crippen LogP contribution in [0.2, 0.25) is 5.02 Å². The first kappa shape index (κ1) is 14.2. The van der Waals surface area contributed by atoms with E-state index in [2.05, 4.69) is 11.0 Å². The molecule has 0 saturated heterocycles. The molecule has 2 aromatic carbocycles. The first-order chi connectivity index (χ1) is 10.2. The Hall–Kier alpha value is -1.71. The average Bonchev–Trinajstić information content (AvgIpc) is 2.47. The quantitative estimate of drug-likeness (QED) is 0.880. The summed E-state index contributed by atoms with van der Waals surface area (Å²) in [7, 11) is 0. The first-order valence-corrected chi connectivity index (χ1v) is 7.57. The van der Waals surface area contributed by atoms with Gasteiger partial charge in [0.25, 0.3) is 0 Å². The molecule has 0 radical (unpaired) electrons. The smallest absolute Gasteiger partial charge is 0.120 e. The number of benzene rings is 2. The fraction of sp³-hybridized carbons (Fsp3) is 0.294. The van der Waals surface area contributed by atoms with E-state index < -0.39 is 0 Å². The van der Waals surface area contributed by atoms with E-state index in [9.17, 15) is 0 Å². The molecule has 0 spiro atoms. The summed E-state index contributed by atoms with van der Waals surface area (Å²) in [5.74, 6) is 0.823. The molecule has 0 saturated carbocycles. The van der Waals surface area contributed by atoms with Gasteiger partial charge in [-0.2, -0.15) is 0 Å². The van der Waals surface area contributed by atoms with Crippen LogP contribution in [0, 0.1) is 0 Å². The van der Waals surface area contributed by atoms with Crippen LogP contribution < -0.4 is 10.5 Å². The largest absolute Gasteiger partial charge is 0.492 e. The normalized spacial score (nSPS) is 14.7. The average molecular weight is 303 g/mol. The maximum Gasteiger partial charge on any atom is 0.120 e. The topological polar surface area (TPSA) is 38.5 Å². The van der Waals surface area contributed by atoms with Gasteiger partial charge in [-0.3, -0.25) is 4.90 Å². The molecule has 110 valence electrons. The summed E-state index contributed by atoms with van der Waals surface area (Å²) >= 11 is 5.94. The van der Waals surface area contributed by atoms with Crippen LogP contribution in [-0.2, 0) is 13.0 Å². The van der Waals surface area contributed by atoms with Gasteiger partial charge in [0.1, 0.15) is 12.4 Å². The molecule has 0 unspecified atom stereocenters. The highest BCUT2D eigenvalue weighted by atomic mass is 35.5. The second-order valence-electron chi connectivity index (χ2n) is 5.32. The number of anilines is 1. The Bertz CT molecular complexity index is 630. The van der Waals surface area contributed by atoms with Gasteiger partial charge in [-0.05, 0) is 41.8 Å². The van der Waals surface area contributed by atoms with Gasteiger partial charge in [0.05, 0.1) is 0 Å². The van der Waals surface area contributed by atoms with Gasteiger partial charge in [-0.25, -0.2) is 0 Å². The predicted octanol–water partition coefficient (Wildman–Crippen LogP) is 3.36. The van der Waals surface area contributed by atoms with Crippen LogP contribution in [0.4, 0.5) is 5.69 Å². The van der Waals surface area contributed by atoms with Crippen molar-refractivity contribution >= 4 is 17.3 Å². The molecule has 0 aromatic heterocycles. The number of hydrogen-bond donors (Lipinski definition) is 1. The second kappa shape index (κ2) is 6.37.